The van der Waals surface area contributed by atoms with Gasteiger partial charge in [0.2, 0.25) is 0 Å². The highest BCUT2D eigenvalue weighted by Gasteiger charge is 2.25. The fourth-order valence-electron chi connectivity index (χ4n) is 12.1. The third kappa shape index (κ3) is 5.38. The molecular formula is C66H40N6. The Morgan fingerprint density at radius 2 is 0.542 bits per heavy atom. The zero-order valence-electron chi connectivity index (χ0n) is 38.8. The maximum absolute atomic E-state index is 5.66. The Kier molecular flexibility index (Phi) is 8.07. The quantitative estimate of drug-likeness (QED) is 0.162. The molecular weight excluding hydrogens is 877 g/mol. The first kappa shape index (κ1) is 39.1. The highest BCUT2D eigenvalue weighted by molar-refractivity contribution is 6.26. The Labute approximate surface area is 412 Å². The lowest BCUT2D eigenvalue weighted by molar-refractivity contribution is 0.775. The Balaban J connectivity index is 1.00. The van der Waals surface area contributed by atoms with Crippen molar-refractivity contribution in [3.63, 3.8) is 0 Å². The molecule has 16 aromatic rings. The molecule has 72 heavy (non-hydrogen) atoms. The molecule has 0 spiro atoms. The van der Waals surface area contributed by atoms with Crippen molar-refractivity contribution in [1.82, 2.24) is 28.5 Å². The van der Waals surface area contributed by atoms with Gasteiger partial charge in [-0.2, -0.15) is 0 Å². The van der Waals surface area contributed by atoms with Gasteiger partial charge in [0.05, 0.1) is 44.1 Å². The molecule has 6 nitrogen and oxygen atoms in total. The standard InChI is InChI=1S/C66H40N6/c1-3-19-43(20-4-1)69-63-55-31-13-9-25-47(55)45-23-7-11-29-53(45)61(63)67-65(69)41-35-37-51-49-27-15-17-33-57(49)71(59(51)39-41)72-58-34-18-16-28-50(58)52-38-36-42(40-60(52)72)66-68-62-54-30-12-8-24-46(54)48-26-10-14-32-56(48)64(62)70(66)44-21-5-2-6-22-44/h1-40H. The van der Waals surface area contributed by atoms with Gasteiger partial charge in [0.1, 0.15) is 11.6 Å². The van der Waals surface area contributed by atoms with Crippen molar-refractivity contribution in [2.45, 2.75) is 0 Å². The fraction of sp³-hybridized carbons (Fsp3) is 0. The van der Waals surface area contributed by atoms with E-state index >= 15 is 0 Å². The number of fused-ring (bicyclic) bond motifs is 18. The second-order valence-electron chi connectivity index (χ2n) is 18.9. The minimum absolute atomic E-state index is 0.890. The predicted molar refractivity (Wildman–Crippen MR) is 300 cm³/mol. The van der Waals surface area contributed by atoms with E-state index in [1.807, 2.05) is 0 Å². The summed E-state index contributed by atoms with van der Waals surface area (Å²) in [4.78, 5) is 11.3. The van der Waals surface area contributed by atoms with E-state index < -0.39 is 0 Å². The molecule has 0 saturated heterocycles. The Hall–Kier alpha value is -9.78. The van der Waals surface area contributed by atoms with E-state index in [2.05, 4.69) is 261 Å². The second kappa shape index (κ2) is 14.9. The predicted octanol–water partition coefficient (Wildman–Crippen LogP) is 16.8. The van der Waals surface area contributed by atoms with Crippen molar-refractivity contribution in [3.8, 4) is 34.2 Å². The van der Waals surface area contributed by atoms with Crippen molar-refractivity contribution in [1.29, 1.82) is 0 Å². The molecule has 0 radical (unpaired) electrons. The maximum atomic E-state index is 5.66. The van der Waals surface area contributed by atoms with Crippen LogP contribution in [0.3, 0.4) is 0 Å². The van der Waals surface area contributed by atoms with Crippen LogP contribution in [0.4, 0.5) is 0 Å². The molecule has 0 unspecified atom stereocenters. The first-order chi connectivity index (χ1) is 35.8. The topological polar surface area (TPSA) is 45.5 Å². The number of rotatable bonds is 5. The summed E-state index contributed by atoms with van der Waals surface area (Å²) in [6.07, 6.45) is 0. The summed E-state index contributed by atoms with van der Waals surface area (Å²) in [5, 5.41) is 14.1. The third-order valence-corrected chi connectivity index (χ3v) is 15.1. The lowest BCUT2D eigenvalue weighted by Gasteiger charge is -2.15. The van der Waals surface area contributed by atoms with E-state index in [9.17, 15) is 0 Å². The van der Waals surface area contributed by atoms with Crippen LogP contribution < -0.4 is 0 Å². The Morgan fingerprint density at radius 1 is 0.236 bits per heavy atom. The molecule has 0 aliphatic rings. The normalized spacial score (nSPS) is 12.2. The summed E-state index contributed by atoms with van der Waals surface area (Å²) in [5.74, 6) is 1.78. The molecule has 6 heteroatoms. The zero-order chi connectivity index (χ0) is 47.0. The minimum atomic E-state index is 0.890. The number of hydrogen-bond acceptors (Lipinski definition) is 2. The molecule has 0 N–H and O–H groups in total. The van der Waals surface area contributed by atoms with Crippen molar-refractivity contribution < 1.29 is 0 Å². The summed E-state index contributed by atoms with van der Waals surface area (Å²) >= 11 is 0. The monoisotopic (exact) mass is 916 g/mol. The number of benzene rings is 12. The van der Waals surface area contributed by atoms with E-state index in [0.29, 0.717) is 0 Å². The Bertz CT molecular complexity index is 4600. The molecule has 12 aromatic carbocycles. The SMILES string of the molecule is c1ccc(-n2c(-c3ccc4c5ccccc5n(-n5c6ccccc6c6ccc(-c7nc8c9ccccc9c9ccccc9c8n7-c7ccccc7)cc65)c4c3)nc3c4ccccc4c4ccccc4c32)cc1. The first-order valence-electron chi connectivity index (χ1n) is 24.6. The molecule has 334 valence electrons. The number of aromatic nitrogens is 6. The van der Waals surface area contributed by atoms with Gasteiger partial charge in [-0.1, -0.05) is 194 Å². The van der Waals surface area contributed by atoms with Crippen LogP contribution in [-0.2, 0) is 0 Å². The number of hydrogen-bond donors (Lipinski definition) is 0. The van der Waals surface area contributed by atoms with Gasteiger partial charge in [-0.3, -0.25) is 9.13 Å². The van der Waals surface area contributed by atoms with Gasteiger partial charge in [-0.25, -0.2) is 19.3 Å². The van der Waals surface area contributed by atoms with Gasteiger partial charge < -0.3 is 0 Å². The lowest BCUT2D eigenvalue weighted by Crippen LogP contribution is -2.08. The van der Waals surface area contributed by atoms with E-state index in [4.69, 9.17) is 9.97 Å². The van der Waals surface area contributed by atoms with Gasteiger partial charge in [-0.15, -0.1) is 0 Å². The van der Waals surface area contributed by atoms with Gasteiger partial charge in [0.25, 0.3) is 0 Å². The summed E-state index contributed by atoms with van der Waals surface area (Å²) in [6, 6.07) is 87.7. The molecule has 4 aromatic heterocycles. The first-order valence-corrected chi connectivity index (χ1v) is 24.6. The molecule has 0 saturated carbocycles. The zero-order valence-corrected chi connectivity index (χ0v) is 38.8. The second-order valence-corrected chi connectivity index (χ2v) is 18.9. The molecule has 16 rings (SSSR count). The summed E-state index contributed by atoms with van der Waals surface area (Å²) in [5.41, 5.74) is 12.7. The molecule has 4 heterocycles. The van der Waals surface area contributed by atoms with Crippen LogP contribution in [0.5, 0.6) is 0 Å². The van der Waals surface area contributed by atoms with E-state index in [1.54, 1.807) is 0 Å². The van der Waals surface area contributed by atoms with Crippen molar-refractivity contribution in [2.24, 2.45) is 0 Å². The smallest absolute Gasteiger partial charge is 0.145 e. The fourth-order valence-corrected chi connectivity index (χ4v) is 12.1. The number of nitrogens with zero attached hydrogens (tertiary/aromatic N) is 6. The molecule has 0 aliphatic heterocycles. The average Bonchev–Trinajstić information content (AvgIpc) is 4.22. The molecule has 0 atom stereocenters. The molecule has 0 aliphatic carbocycles. The van der Waals surface area contributed by atoms with Crippen molar-refractivity contribution in [3.05, 3.63) is 243 Å². The molecule has 0 fully saturated rings. The number of imidazole rings is 2. The largest absolute Gasteiger partial charge is 0.292 e. The van der Waals surface area contributed by atoms with Gasteiger partial charge >= 0.3 is 0 Å². The average molecular weight is 917 g/mol. The summed E-state index contributed by atoms with van der Waals surface area (Å²) in [6.45, 7) is 0. The van der Waals surface area contributed by atoms with Gasteiger partial charge in [0.15, 0.2) is 0 Å². The van der Waals surface area contributed by atoms with Crippen LogP contribution in [0.25, 0.3) is 143 Å². The highest BCUT2D eigenvalue weighted by Crippen LogP contribution is 2.44. The van der Waals surface area contributed by atoms with E-state index in [0.717, 1.165) is 89.1 Å². The van der Waals surface area contributed by atoms with Crippen LogP contribution >= 0.6 is 0 Å². The van der Waals surface area contributed by atoms with Crippen LogP contribution in [0.2, 0.25) is 0 Å². The van der Waals surface area contributed by atoms with E-state index in [1.165, 1.54) is 53.9 Å². The van der Waals surface area contributed by atoms with E-state index in [-0.39, 0.29) is 0 Å². The minimum Gasteiger partial charge on any atom is -0.292 e. The van der Waals surface area contributed by atoms with Crippen molar-refractivity contribution >= 4 is 109 Å². The summed E-state index contributed by atoms with van der Waals surface area (Å²) < 4.78 is 9.61. The lowest BCUT2D eigenvalue weighted by atomic mass is 10.00. The molecule has 0 amide bonds. The summed E-state index contributed by atoms with van der Waals surface area (Å²) in [7, 11) is 0. The molecule has 0 bridgehead atoms. The third-order valence-electron chi connectivity index (χ3n) is 15.1. The van der Waals surface area contributed by atoms with Gasteiger partial charge in [0, 0.05) is 65.6 Å². The highest BCUT2D eigenvalue weighted by atomic mass is 15.5. The van der Waals surface area contributed by atoms with Crippen molar-refractivity contribution in [2.75, 3.05) is 0 Å². The van der Waals surface area contributed by atoms with Crippen LogP contribution in [0, 0.1) is 0 Å². The van der Waals surface area contributed by atoms with Gasteiger partial charge in [-0.05, 0) is 70.1 Å². The van der Waals surface area contributed by atoms with Crippen LogP contribution in [-0.4, -0.2) is 28.5 Å². The maximum Gasteiger partial charge on any atom is 0.145 e. The Morgan fingerprint density at radius 3 is 0.944 bits per heavy atom. The van der Waals surface area contributed by atoms with Crippen LogP contribution in [0.15, 0.2) is 243 Å². The van der Waals surface area contributed by atoms with Crippen LogP contribution in [0.1, 0.15) is 0 Å². The number of para-hydroxylation sites is 4.